The maximum absolute atomic E-state index is 9.97. The third-order valence-corrected chi connectivity index (χ3v) is 1.07. The molecule has 4 heteroatoms. The Hall–Kier alpha value is -0.610. The molecule has 0 unspecified atom stereocenters. The van der Waals surface area contributed by atoms with Crippen molar-refractivity contribution in [1.29, 1.82) is 0 Å². The Balaban J connectivity index is 3.72. The van der Waals surface area contributed by atoms with Crippen molar-refractivity contribution in [1.82, 2.24) is 0 Å². The topological polar surface area (TPSA) is 66.8 Å². The van der Waals surface area contributed by atoms with Gasteiger partial charge in [-0.3, -0.25) is 0 Å². The molecule has 0 radical (unpaired) electrons. The Bertz CT molecular complexity index is 101. The second kappa shape index (κ2) is 3.42. The lowest BCUT2D eigenvalue weighted by molar-refractivity contribution is -0.153. The highest BCUT2D eigenvalue weighted by Gasteiger charge is 2.20. The van der Waals surface area contributed by atoms with Crippen LogP contribution >= 0.6 is 0 Å². The van der Waals surface area contributed by atoms with Gasteiger partial charge in [-0.15, -0.1) is 0 Å². The van der Waals surface area contributed by atoms with Crippen LogP contribution < -0.4 is 0 Å². The molecule has 9 heavy (non-hydrogen) atoms. The summed E-state index contributed by atoms with van der Waals surface area (Å²) in [5.41, 5.74) is 0. The summed E-state index contributed by atoms with van der Waals surface area (Å²) in [6.45, 7) is 1.48. The lowest BCUT2D eigenvalue weighted by atomic mass is 10.2. The first-order valence-electron chi connectivity index (χ1n) is 2.53. The van der Waals surface area contributed by atoms with Crippen LogP contribution in [-0.2, 0) is 9.53 Å². The molecule has 0 aliphatic rings. The van der Waals surface area contributed by atoms with E-state index in [9.17, 15) is 4.79 Å². The first-order chi connectivity index (χ1) is 4.09. The number of hydrogen-bond acceptors (Lipinski definition) is 3. The molecule has 54 valence electrons. The summed E-state index contributed by atoms with van der Waals surface area (Å²) in [5, 5.41) is 16.8. The molecule has 0 spiro atoms. The van der Waals surface area contributed by atoms with Crippen LogP contribution in [0.5, 0.6) is 0 Å². The second-order valence-corrected chi connectivity index (χ2v) is 1.72. The van der Waals surface area contributed by atoms with Crippen LogP contribution in [0, 0.1) is 0 Å². The molecule has 0 rings (SSSR count). The minimum atomic E-state index is -1.42. The van der Waals surface area contributed by atoms with Crippen molar-refractivity contribution >= 4 is 5.97 Å². The van der Waals surface area contributed by atoms with Gasteiger partial charge in [0.2, 0.25) is 0 Å². The van der Waals surface area contributed by atoms with Crippen LogP contribution in [0.2, 0.25) is 0 Å². The number of rotatable bonds is 3. The van der Waals surface area contributed by atoms with E-state index in [1.165, 1.54) is 14.0 Å². The highest BCUT2D eigenvalue weighted by Crippen LogP contribution is 1.95. The van der Waals surface area contributed by atoms with E-state index < -0.39 is 18.2 Å². The van der Waals surface area contributed by atoms with E-state index in [0.717, 1.165) is 0 Å². The summed E-state index contributed by atoms with van der Waals surface area (Å²) < 4.78 is 4.54. The van der Waals surface area contributed by atoms with E-state index in [2.05, 4.69) is 4.74 Å². The van der Waals surface area contributed by atoms with Crippen molar-refractivity contribution in [3.8, 4) is 0 Å². The largest absolute Gasteiger partial charge is 0.479 e. The van der Waals surface area contributed by atoms with Gasteiger partial charge >= 0.3 is 5.97 Å². The molecule has 0 saturated carbocycles. The summed E-state index contributed by atoms with van der Waals surface area (Å²) in [4.78, 5) is 9.97. The Morgan fingerprint density at radius 1 is 1.67 bits per heavy atom. The lowest BCUT2D eigenvalue weighted by Crippen LogP contribution is -2.32. The number of ether oxygens (including phenoxy) is 1. The SMILES string of the molecule is CO[C@H](C)[C@H](O)C(=O)O. The van der Waals surface area contributed by atoms with Crippen LogP contribution in [0.25, 0.3) is 0 Å². The van der Waals surface area contributed by atoms with Crippen molar-refractivity contribution in [3.05, 3.63) is 0 Å². The van der Waals surface area contributed by atoms with Crippen molar-refractivity contribution in [3.63, 3.8) is 0 Å². The number of carbonyl (C=O) groups is 1. The van der Waals surface area contributed by atoms with E-state index >= 15 is 0 Å². The second-order valence-electron chi connectivity index (χ2n) is 1.72. The first-order valence-corrected chi connectivity index (χ1v) is 2.53. The molecule has 2 atom stereocenters. The minimum absolute atomic E-state index is 0.650. The van der Waals surface area contributed by atoms with Crippen molar-refractivity contribution in [2.45, 2.75) is 19.1 Å². The van der Waals surface area contributed by atoms with Gasteiger partial charge in [0.1, 0.15) is 0 Å². The molecule has 0 saturated heterocycles. The summed E-state index contributed by atoms with van der Waals surface area (Å²) in [6.07, 6.45) is -2.07. The van der Waals surface area contributed by atoms with Crippen LogP contribution in [0.1, 0.15) is 6.92 Å². The summed E-state index contributed by atoms with van der Waals surface area (Å²) in [5.74, 6) is -1.26. The Morgan fingerprint density at radius 3 is 2.22 bits per heavy atom. The van der Waals surface area contributed by atoms with Crippen molar-refractivity contribution in [2.75, 3.05) is 7.11 Å². The Morgan fingerprint density at radius 2 is 2.11 bits per heavy atom. The molecule has 0 aliphatic carbocycles. The average Bonchev–Trinajstić information content (AvgIpc) is 1.84. The summed E-state index contributed by atoms with van der Waals surface area (Å²) in [6, 6.07) is 0. The summed E-state index contributed by atoms with van der Waals surface area (Å²) in [7, 11) is 1.34. The van der Waals surface area contributed by atoms with E-state index in [0.29, 0.717) is 0 Å². The fraction of sp³-hybridized carbons (Fsp3) is 0.800. The summed E-state index contributed by atoms with van der Waals surface area (Å²) >= 11 is 0. The van der Waals surface area contributed by atoms with Gasteiger partial charge in [-0.25, -0.2) is 4.79 Å². The third kappa shape index (κ3) is 2.43. The van der Waals surface area contributed by atoms with Gasteiger partial charge in [-0.1, -0.05) is 0 Å². The lowest BCUT2D eigenvalue weighted by Gasteiger charge is -2.11. The number of carboxylic acid groups (broad SMARTS) is 1. The molecular weight excluding hydrogens is 124 g/mol. The van der Waals surface area contributed by atoms with Crippen LogP contribution in [-0.4, -0.2) is 35.5 Å². The zero-order valence-corrected chi connectivity index (χ0v) is 5.37. The predicted molar refractivity (Wildman–Crippen MR) is 30.1 cm³/mol. The molecular formula is C5H10O4. The zero-order chi connectivity index (χ0) is 7.44. The van der Waals surface area contributed by atoms with E-state index in [4.69, 9.17) is 10.2 Å². The fourth-order valence-corrected chi connectivity index (χ4v) is 0.330. The zero-order valence-electron chi connectivity index (χ0n) is 5.37. The Kier molecular flexibility index (Phi) is 3.19. The molecule has 0 amide bonds. The minimum Gasteiger partial charge on any atom is -0.479 e. The monoisotopic (exact) mass is 134 g/mol. The molecule has 4 nitrogen and oxygen atoms in total. The number of methoxy groups -OCH3 is 1. The maximum atomic E-state index is 9.97. The Labute approximate surface area is 53.1 Å². The van der Waals surface area contributed by atoms with Gasteiger partial charge in [0.05, 0.1) is 6.10 Å². The maximum Gasteiger partial charge on any atom is 0.335 e. The quantitative estimate of drug-likeness (QED) is 0.544. The molecule has 2 N–H and O–H groups in total. The van der Waals surface area contributed by atoms with Gasteiger partial charge in [0.25, 0.3) is 0 Å². The molecule has 0 aliphatic heterocycles. The van der Waals surface area contributed by atoms with Crippen molar-refractivity contribution in [2.24, 2.45) is 0 Å². The smallest absolute Gasteiger partial charge is 0.335 e. The number of aliphatic hydroxyl groups is 1. The van der Waals surface area contributed by atoms with Crippen LogP contribution in [0.3, 0.4) is 0 Å². The molecule has 0 fully saturated rings. The van der Waals surface area contributed by atoms with Crippen LogP contribution in [0.4, 0.5) is 0 Å². The highest BCUT2D eigenvalue weighted by molar-refractivity contribution is 5.72. The number of aliphatic carboxylic acids is 1. The number of carboxylic acids is 1. The number of aliphatic hydroxyl groups excluding tert-OH is 1. The standard InChI is InChI=1S/C5H10O4/c1-3(9-2)4(6)5(7)8/h3-4,6H,1-2H3,(H,7,8)/t3-,4+/m1/s1. The molecule has 0 aromatic rings. The molecule has 0 aromatic heterocycles. The molecule has 0 aromatic carbocycles. The van der Waals surface area contributed by atoms with Gasteiger partial charge < -0.3 is 14.9 Å². The van der Waals surface area contributed by atoms with Crippen LogP contribution in [0.15, 0.2) is 0 Å². The predicted octanol–water partition coefficient (Wildman–Crippen LogP) is -0.533. The molecule has 0 heterocycles. The normalized spacial score (nSPS) is 16.8. The fourth-order valence-electron chi connectivity index (χ4n) is 0.330. The highest BCUT2D eigenvalue weighted by atomic mass is 16.5. The van der Waals surface area contributed by atoms with Gasteiger partial charge in [-0.2, -0.15) is 0 Å². The van der Waals surface area contributed by atoms with Gasteiger partial charge in [-0.05, 0) is 6.92 Å². The van der Waals surface area contributed by atoms with Crippen molar-refractivity contribution < 1.29 is 19.7 Å². The molecule has 0 bridgehead atoms. The van der Waals surface area contributed by atoms with E-state index in [1.807, 2.05) is 0 Å². The third-order valence-electron chi connectivity index (χ3n) is 1.07. The van der Waals surface area contributed by atoms with E-state index in [1.54, 1.807) is 0 Å². The van der Waals surface area contributed by atoms with Gasteiger partial charge in [0, 0.05) is 7.11 Å². The first kappa shape index (κ1) is 8.39. The average molecular weight is 134 g/mol. The number of hydrogen-bond donors (Lipinski definition) is 2. The van der Waals surface area contributed by atoms with E-state index in [-0.39, 0.29) is 0 Å². The van der Waals surface area contributed by atoms with Gasteiger partial charge in [0.15, 0.2) is 6.10 Å².